The summed E-state index contributed by atoms with van der Waals surface area (Å²) in [7, 11) is 0. The first-order chi connectivity index (χ1) is 16.2. The third-order valence-corrected chi connectivity index (χ3v) is 8.56. The zero-order valence-electron chi connectivity index (χ0n) is 20.7. The number of halogens is 1. The number of nitrogens with zero attached hydrogens (tertiary/aromatic N) is 2. The van der Waals surface area contributed by atoms with Gasteiger partial charge in [-0.25, -0.2) is 0 Å². The van der Waals surface area contributed by atoms with E-state index >= 15 is 0 Å². The smallest absolute Gasteiger partial charge is 0.242 e. The molecule has 2 N–H and O–H groups in total. The normalized spacial score (nSPS) is 29.6. The van der Waals surface area contributed by atoms with Crippen LogP contribution in [0.5, 0.6) is 5.75 Å². The Morgan fingerprint density at radius 2 is 1.79 bits per heavy atom. The second-order valence-electron chi connectivity index (χ2n) is 11.3. The van der Waals surface area contributed by atoms with E-state index in [1.54, 1.807) is 18.2 Å². The van der Waals surface area contributed by atoms with Crippen molar-refractivity contribution in [3.8, 4) is 5.75 Å². The van der Waals surface area contributed by atoms with Crippen LogP contribution >= 0.6 is 11.6 Å². The van der Waals surface area contributed by atoms with Crippen molar-refractivity contribution in [3.63, 3.8) is 0 Å². The van der Waals surface area contributed by atoms with E-state index in [2.05, 4.69) is 24.1 Å². The molecule has 1 saturated heterocycles. The average molecular weight is 490 g/mol. The van der Waals surface area contributed by atoms with Gasteiger partial charge in [0.2, 0.25) is 11.8 Å². The SMILES string of the molecule is CCC1CC2CC(C1)CC(C)(CC(=O)NCC(=O)N1CCN(Cc3cc(Cl)ccc3O)CC1)C2. The van der Waals surface area contributed by atoms with Crippen molar-refractivity contribution in [1.82, 2.24) is 15.1 Å². The summed E-state index contributed by atoms with van der Waals surface area (Å²) < 4.78 is 0. The Hall–Kier alpha value is -1.79. The van der Waals surface area contributed by atoms with Gasteiger partial charge in [-0.15, -0.1) is 0 Å². The van der Waals surface area contributed by atoms with Crippen LogP contribution in [0.25, 0.3) is 0 Å². The molecular weight excluding hydrogens is 450 g/mol. The molecule has 0 spiro atoms. The number of benzene rings is 1. The number of carbonyl (C=O) groups excluding carboxylic acids is 2. The molecule has 1 heterocycles. The molecule has 7 heteroatoms. The summed E-state index contributed by atoms with van der Waals surface area (Å²) in [5, 5.41) is 13.6. The number of rotatable bonds is 7. The predicted octanol–water partition coefficient (Wildman–Crippen LogP) is 4.44. The lowest BCUT2D eigenvalue weighted by Gasteiger charge is -2.47. The second kappa shape index (κ2) is 10.9. The molecule has 3 aliphatic rings. The van der Waals surface area contributed by atoms with Crippen molar-refractivity contribution in [2.24, 2.45) is 23.2 Å². The number of aromatic hydroxyl groups is 1. The van der Waals surface area contributed by atoms with Crippen LogP contribution in [0.4, 0.5) is 0 Å². The topological polar surface area (TPSA) is 72.9 Å². The molecule has 2 saturated carbocycles. The number of phenols is 1. The predicted molar refractivity (Wildman–Crippen MR) is 135 cm³/mol. The van der Waals surface area contributed by atoms with Crippen molar-refractivity contribution >= 4 is 23.4 Å². The molecule has 4 rings (SSSR count). The largest absolute Gasteiger partial charge is 0.508 e. The summed E-state index contributed by atoms with van der Waals surface area (Å²) in [6.07, 6.45) is 8.09. The minimum atomic E-state index is -0.0185. The monoisotopic (exact) mass is 489 g/mol. The highest BCUT2D eigenvalue weighted by molar-refractivity contribution is 6.30. The van der Waals surface area contributed by atoms with E-state index in [4.69, 9.17) is 11.6 Å². The molecule has 1 aliphatic heterocycles. The van der Waals surface area contributed by atoms with Gasteiger partial charge in [0.05, 0.1) is 6.54 Å². The van der Waals surface area contributed by atoms with Crippen molar-refractivity contribution in [2.75, 3.05) is 32.7 Å². The van der Waals surface area contributed by atoms with Crippen LogP contribution in [0.3, 0.4) is 0 Å². The van der Waals surface area contributed by atoms with Gasteiger partial charge in [0, 0.05) is 49.7 Å². The molecule has 0 aromatic heterocycles. The van der Waals surface area contributed by atoms with E-state index in [-0.39, 0.29) is 29.5 Å². The number of hydrogen-bond acceptors (Lipinski definition) is 4. The molecular formula is C27H40ClN3O3. The molecule has 1 aromatic carbocycles. The number of piperazine rings is 1. The van der Waals surface area contributed by atoms with E-state index in [1.165, 1.54) is 25.7 Å². The lowest BCUT2D eigenvalue weighted by atomic mass is 9.58. The van der Waals surface area contributed by atoms with Gasteiger partial charge in [-0.2, -0.15) is 0 Å². The van der Waals surface area contributed by atoms with Crippen LogP contribution in [0, 0.1) is 23.2 Å². The number of phenolic OH excluding ortho intramolecular Hbond substituents is 1. The minimum Gasteiger partial charge on any atom is -0.508 e. The van der Waals surface area contributed by atoms with Gasteiger partial charge < -0.3 is 15.3 Å². The molecule has 3 fully saturated rings. The lowest BCUT2D eigenvalue weighted by Crippen LogP contribution is -2.51. The van der Waals surface area contributed by atoms with E-state index < -0.39 is 0 Å². The minimum absolute atomic E-state index is 0.0120. The van der Waals surface area contributed by atoms with Gasteiger partial charge in [0.15, 0.2) is 0 Å². The first kappa shape index (κ1) is 25.3. The summed E-state index contributed by atoms with van der Waals surface area (Å²) in [4.78, 5) is 29.5. The van der Waals surface area contributed by atoms with Gasteiger partial charge in [-0.1, -0.05) is 31.9 Å². The maximum absolute atomic E-state index is 12.7. The fourth-order valence-electron chi connectivity index (χ4n) is 6.80. The van der Waals surface area contributed by atoms with E-state index in [0.29, 0.717) is 31.1 Å². The van der Waals surface area contributed by atoms with Crippen LogP contribution in [-0.4, -0.2) is 59.4 Å². The van der Waals surface area contributed by atoms with Crippen molar-refractivity contribution in [2.45, 2.75) is 65.3 Å². The summed E-state index contributed by atoms with van der Waals surface area (Å²) in [6, 6.07) is 5.07. The van der Waals surface area contributed by atoms with Gasteiger partial charge in [0.25, 0.3) is 0 Å². The van der Waals surface area contributed by atoms with Crippen LogP contribution < -0.4 is 5.32 Å². The van der Waals surface area contributed by atoms with Crippen LogP contribution in [0.1, 0.15) is 64.4 Å². The average Bonchev–Trinajstić information content (AvgIpc) is 2.79. The van der Waals surface area contributed by atoms with Gasteiger partial charge >= 0.3 is 0 Å². The van der Waals surface area contributed by atoms with Gasteiger partial charge in [-0.05, 0) is 73.5 Å². The number of amides is 2. The zero-order valence-corrected chi connectivity index (χ0v) is 21.4. The highest BCUT2D eigenvalue weighted by atomic mass is 35.5. The van der Waals surface area contributed by atoms with Crippen LogP contribution in [-0.2, 0) is 16.1 Å². The Kier molecular flexibility index (Phi) is 8.08. The van der Waals surface area contributed by atoms with Gasteiger partial charge in [-0.3, -0.25) is 14.5 Å². The number of fused-ring (bicyclic) bond motifs is 2. The Balaban J connectivity index is 1.19. The summed E-state index contributed by atoms with van der Waals surface area (Å²) in [5.74, 6) is 2.64. The second-order valence-corrected chi connectivity index (χ2v) is 11.8. The Morgan fingerprint density at radius 1 is 1.12 bits per heavy atom. The maximum Gasteiger partial charge on any atom is 0.242 e. The molecule has 188 valence electrons. The third-order valence-electron chi connectivity index (χ3n) is 8.32. The lowest BCUT2D eigenvalue weighted by molar-refractivity contribution is -0.135. The van der Waals surface area contributed by atoms with Crippen molar-refractivity contribution in [3.05, 3.63) is 28.8 Å². The van der Waals surface area contributed by atoms with E-state index in [9.17, 15) is 14.7 Å². The molecule has 0 radical (unpaired) electrons. The number of carbonyl (C=O) groups is 2. The molecule has 2 unspecified atom stereocenters. The number of nitrogens with one attached hydrogen (secondary N) is 1. The Morgan fingerprint density at radius 3 is 2.44 bits per heavy atom. The van der Waals surface area contributed by atoms with E-state index in [0.717, 1.165) is 49.2 Å². The fourth-order valence-corrected chi connectivity index (χ4v) is 7.00. The summed E-state index contributed by atoms with van der Waals surface area (Å²) in [6.45, 7) is 7.96. The first-order valence-electron chi connectivity index (χ1n) is 13.0. The molecule has 2 atom stereocenters. The third kappa shape index (κ3) is 6.45. The van der Waals surface area contributed by atoms with Crippen LogP contribution in [0.15, 0.2) is 18.2 Å². The molecule has 2 aliphatic carbocycles. The molecule has 1 aromatic rings. The number of hydrogen-bond donors (Lipinski definition) is 2. The van der Waals surface area contributed by atoms with Crippen molar-refractivity contribution in [1.29, 1.82) is 0 Å². The summed E-state index contributed by atoms with van der Waals surface area (Å²) in [5.41, 5.74) is 0.863. The molecule has 6 nitrogen and oxygen atoms in total. The first-order valence-corrected chi connectivity index (χ1v) is 13.3. The van der Waals surface area contributed by atoms with Crippen molar-refractivity contribution < 1.29 is 14.7 Å². The Bertz CT molecular complexity index is 870. The standard InChI is InChI=1S/C27H40ClN3O3/c1-3-19-10-20-12-21(11-19)15-27(2,14-20)16-25(33)29-17-26(34)31-8-6-30(7-9-31)18-22-13-23(28)4-5-24(22)32/h4-5,13,19-21,32H,3,6-12,14-18H2,1-2H3,(H,29,33). The highest BCUT2D eigenvalue weighted by Gasteiger charge is 2.42. The Labute approximate surface area is 209 Å². The molecule has 34 heavy (non-hydrogen) atoms. The van der Waals surface area contributed by atoms with Crippen LogP contribution in [0.2, 0.25) is 5.02 Å². The quantitative estimate of drug-likeness (QED) is 0.594. The molecule has 2 bridgehead atoms. The zero-order chi connectivity index (χ0) is 24.3. The van der Waals surface area contributed by atoms with E-state index in [1.807, 2.05) is 4.90 Å². The maximum atomic E-state index is 12.7. The molecule has 2 amide bonds. The van der Waals surface area contributed by atoms with Gasteiger partial charge in [0.1, 0.15) is 5.75 Å². The summed E-state index contributed by atoms with van der Waals surface area (Å²) >= 11 is 6.05. The fraction of sp³-hybridized carbons (Fsp3) is 0.704. The highest BCUT2D eigenvalue weighted by Crippen LogP contribution is 2.52.